The minimum Gasteiger partial charge on any atom is -0.489 e. The Morgan fingerprint density at radius 1 is 1.24 bits per heavy atom. The smallest absolute Gasteiger partial charge is 0.119 e. The van der Waals surface area contributed by atoms with Gasteiger partial charge >= 0.3 is 0 Å². The molecule has 0 aliphatic carbocycles. The molecule has 1 atom stereocenters. The summed E-state index contributed by atoms with van der Waals surface area (Å²) in [6.07, 6.45) is 0. The van der Waals surface area contributed by atoms with Crippen LogP contribution in [-0.2, 0) is 6.61 Å². The summed E-state index contributed by atoms with van der Waals surface area (Å²) in [6.45, 7) is 2.78. The number of nitrogens with one attached hydrogen (secondary N) is 1. The van der Waals surface area contributed by atoms with Crippen molar-refractivity contribution in [1.82, 2.24) is 5.32 Å². The Morgan fingerprint density at radius 3 is 2.59 bits per heavy atom. The van der Waals surface area contributed by atoms with Crippen LogP contribution >= 0.6 is 11.3 Å². The second kappa shape index (κ2) is 5.84. The molecule has 0 spiro atoms. The molecule has 17 heavy (non-hydrogen) atoms. The van der Waals surface area contributed by atoms with Gasteiger partial charge in [-0.3, -0.25) is 0 Å². The van der Waals surface area contributed by atoms with E-state index in [1.807, 2.05) is 19.2 Å². The van der Waals surface area contributed by atoms with Crippen molar-refractivity contribution in [2.24, 2.45) is 0 Å². The maximum absolute atomic E-state index is 5.71. The van der Waals surface area contributed by atoms with Crippen LogP contribution in [0.2, 0.25) is 0 Å². The molecule has 0 aliphatic rings. The zero-order valence-electron chi connectivity index (χ0n) is 10.1. The van der Waals surface area contributed by atoms with E-state index in [0.29, 0.717) is 12.6 Å². The molecule has 0 fully saturated rings. The summed E-state index contributed by atoms with van der Waals surface area (Å²) in [5, 5.41) is 7.39. The summed E-state index contributed by atoms with van der Waals surface area (Å²) < 4.78 is 5.71. The molecule has 0 saturated heterocycles. The van der Waals surface area contributed by atoms with Crippen molar-refractivity contribution in [2.45, 2.75) is 19.6 Å². The van der Waals surface area contributed by atoms with E-state index in [9.17, 15) is 0 Å². The molecule has 1 aromatic heterocycles. The van der Waals surface area contributed by atoms with Crippen LogP contribution in [0.3, 0.4) is 0 Å². The number of benzene rings is 1. The highest BCUT2D eigenvalue weighted by molar-refractivity contribution is 7.07. The summed E-state index contributed by atoms with van der Waals surface area (Å²) in [4.78, 5) is 0. The van der Waals surface area contributed by atoms with Crippen LogP contribution in [0.1, 0.15) is 24.1 Å². The Hall–Kier alpha value is -1.32. The first-order chi connectivity index (χ1) is 8.29. The predicted molar refractivity (Wildman–Crippen MR) is 72.6 cm³/mol. The first-order valence-corrected chi connectivity index (χ1v) is 6.65. The lowest BCUT2D eigenvalue weighted by atomic mass is 10.1. The number of rotatable bonds is 5. The molecule has 2 rings (SSSR count). The fraction of sp³-hybridized carbons (Fsp3) is 0.286. The Kier molecular flexibility index (Phi) is 4.18. The van der Waals surface area contributed by atoms with E-state index < -0.39 is 0 Å². The van der Waals surface area contributed by atoms with Gasteiger partial charge in [0.1, 0.15) is 12.4 Å². The third-order valence-electron chi connectivity index (χ3n) is 2.80. The van der Waals surface area contributed by atoms with Crippen LogP contribution in [0, 0.1) is 0 Å². The zero-order chi connectivity index (χ0) is 12.1. The van der Waals surface area contributed by atoms with E-state index in [2.05, 4.69) is 41.2 Å². The average Bonchev–Trinajstić information content (AvgIpc) is 2.89. The number of ether oxygens (including phenoxy) is 1. The number of hydrogen-bond acceptors (Lipinski definition) is 3. The molecular formula is C14H17NOS. The largest absolute Gasteiger partial charge is 0.489 e. The fourth-order valence-electron chi connectivity index (χ4n) is 1.56. The predicted octanol–water partition coefficient (Wildman–Crippen LogP) is 3.61. The maximum Gasteiger partial charge on any atom is 0.119 e. The van der Waals surface area contributed by atoms with Gasteiger partial charge < -0.3 is 10.1 Å². The van der Waals surface area contributed by atoms with E-state index in [0.717, 1.165) is 5.75 Å². The first-order valence-electron chi connectivity index (χ1n) is 5.70. The van der Waals surface area contributed by atoms with Crippen LogP contribution in [0.4, 0.5) is 0 Å². The Morgan fingerprint density at radius 2 is 2.00 bits per heavy atom. The van der Waals surface area contributed by atoms with Gasteiger partial charge in [-0.15, -0.1) is 0 Å². The normalized spacial score (nSPS) is 12.4. The van der Waals surface area contributed by atoms with Gasteiger partial charge in [0.2, 0.25) is 0 Å². The molecule has 0 saturated carbocycles. The minimum atomic E-state index is 0.376. The molecule has 90 valence electrons. The first kappa shape index (κ1) is 12.1. The summed E-state index contributed by atoms with van der Waals surface area (Å²) in [5.74, 6) is 0.920. The monoisotopic (exact) mass is 247 g/mol. The highest BCUT2D eigenvalue weighted by Gasteiger charge is 2.02. The Balaban J connectivity index is 1.94. The quantitative estimate of drug-likeness (QED) is 0.871. The van der Waals surface area contributed by atoms with Gasteiger partial charge in [0.05, 0.1) is 0 Å². The molecule has 0 aliphatic heterocycles. The molecule has 0 bridgehead atoms. The lowest BCUT2D eigenvalue weighted by Crippen LogP contribution is -2.11. The zero-order valence-corrected chi connectivity index (χ0v) is 11.0. The Bertz CT molecular complexity index is 436. The summed E-state index contributed by atoms with van der Waals surface area (Å²) in [7, 11) is 1.96. The van der Waals surface area contributed by atoms with Crippen LogP contribution in [0.15, 0.2) is 41.1 Å². The van der Waals surface area contributed by atoms with Crippen LogP contribution in [-0.4, -0.2) is 7.05 Å². The van der Waals surface area contributed by atoms with Crippen molar-refractivity contribution in [3.63, 3.8) is 0 Å². The van der Waals surface area contributed by atoms with E-state index in [4.69, 9.17) is 4.74 Å². The van der Waals surface area contributed by atoms with Gasteiger partial charge in [-0.25, -0.2) is 0 Å². The van der Waals surface area contributed by atoms with Gasteiger partial charge in [-0.1, -0.05) is 12.1 Å². The SMILES string of the molecule is CNC(C)c1ccc(OCc2ccsc2)cc1. The molecule has 0 amide bonds. The number of thiophene rings is 1. The van der Waals surface area contributed by atoms with E-state index in [1.54, 1.807) is 11.3 Å². The van der Waals surface area contributed by atoms with Crippen molar-refractivity contribution in [1.29, 1.82) is 0 Å². The molecule has 1 heterocycles. The molecule has 0 radical (unpaired) electrons. The molecule has 2 nitrogen and oxygen atoms in total. The van der Waals surface area contributed by atoms with Crippen molar-refractivity contribution < 1.29 is 4.74 Å². The van der Waals surface area contributed by atoms with Gasteiger partial charge in [0.25, 0.3) is 0 Å². The molecular weight excluding hydrogens is 230 g/mol. The van der Waals surface area contributed by atoms with Crippen LogP contribution < -0.4 is 10.1 Å². The van der Waals surface area contributed by atoms with E-state index in [-0.39, 0.29) is 0 Å². The van der Waals surface area contributed by atoms with Crippen molar-refractivity contribution in [2.75, 3.05) is 7.05 Å². The molecule has 1 aromatic carbocycles. The second-order valence-corrected chi connectivity index (χ2v) is 4.78. The topological polar surface area (TPSA) is 21.3 Å². The van der Waals surface area contributed by atoms with Crippen LogP contribution in [0.25, 0.3) is 0 Å². The van der Waals surface area contributed by atoms with Gasteiger partial charge in [-0.2, -0.15) is 11.3 Å². The third-order valence-corrected chi connectivity index (χ3v) is 3.53. The fourth-order valence-corrected chi connectivity index (χ4v) is 2.21. The highest BCUT2D eigenvalue weighted by Crippen LogP contribution is 2.18. The molecule has 1 unspecified atom stereocenters. The second-order valence-electron chi connectivity index (χ2n) is 4.00. The summed E-state index contributed by atoms with van der Waals surface area (Å²) >= 11 is 1.70. The number of hydrogen-bond donors (Lipinski definition) is 1. The van der Waals surface area contributed by atoms with Gasteiger partial charge in [0.15, 0.2) is 0 Å². The Labute approximate surface area is 106 Å². The minimum absolute atomic E-state index is 0.376. The van der Waals surface area contributed by atoms with Crippen LogP contribution in [0.5, 0.6) is 5.75 Å². The standard InChI is InChI=1S/C14H17NOS/c1-11(15-2)13-3-5-14(6-4-13)16-9-12-7-8-17-10-12/h3-8,10-11,15H,9H2,1-2H3. The lowest BCUT2D eigenvalue weighted by molar-refractivity contribution is 0.306. The molecule has 2 aromatic rings. The lowest BCUT2D eigenvalue weighted by Gasteiger charge is -2.11. The summed E-state index contributed by atoms with van der Waals surface area (Å²) in [6, 6.07) is 10.7. The van der Waals surface area contributed by atoms with E-state index in [1.165, 1.54) is 11.1 Å². The maximum atomic E-state index is 5.71. The van der Waals surface area contributed by atoms with Crippen molar-refractivity contribution in [3.05, 3.63) is 52.2 Å². The van der Waals surface area contributed by atoms with Gasteiger partial charge in [0, 0.05) is 6.04 Å². The summed E-state index contributed by atoms with van der Waals surface area (Å²) in [5.41, 5.74) is 2.50. The highest BCUT2D eigenvalue weighted by atomic mass is 32.1. The van der Waals surface area contributed by atoms with Crippen molar-refractivity contribution in [3.8, 4) is 5.75 Å². The van der Waals surface area contributed by atoms with Gasteiger partial charge in [-0.05, 0) is 54.1 Å². The average molecular weight is 247 g/mol. The molecule has 3 heteroatoms. The van der Waals surface area contributed by atoms with E-state index >= 15 is 0 Å². The molecule has 1 N–H and O–H groups in total. The van der Waals surface area contributed by atoms with Crippen molar-refractivity contribution >= 4 is 11.3 Å². The third kappa shape index (κ3) is 3.32.